The molecule has 0 unspecified atom stereocenters. The summed E-state index contributed by atoms with van der Waals surface area (Å²) in [7, 11) is -2.12. The van der Waals surface area contributed by atoms with Crippen molar-refractivity contribution in [2.45, 2.75) is 24.5 Å². The zero-order valence-electron chi connectivity index (χ0n) is 28.5. The monoisotopic (exact) mass is 811 g/mol. The lowest BCUT2D eigenvalue weighted by molar-refractivity contribution is -0.153. The van der Waals surface area contributed by atoms with Crippen LogP contribution in [0.1, 0.15) is 23.0 Å². The topological polar surface area (TPSA) is 97.2 Å². The van der Waals surface area contributed by atoms with Crippen molar-refractivity contribution in [2.24, 2.45) is 7.05 Å². The van der Waals surface area contributed by atoms with Crippen LogP contribution in [0.2, 0.25) is 10.0 Å². The van der Waals surface area contributed by atoms with Crippen molar-refractivity contribution in [3.05, 3.63) is 106 Å². The molecule has 1 saturated heterocycles. The number of aromatic nitrogens is 2. The molecule has 2 aromatic heterocycles. The Balaban J connectivity index is 0.00000541. The van der Waals surface area contributed by atoms with Gasteiger partial charge in [-0.1, -0.05) is 35.3 Å². The number of nitrogens with zero attached hydrogens (tertiary/aromatic N) is 5. The fourth-order valence-corrected chi connectivity index (χ4v) is 7.77. The van der Waals surface area contributed by atoms with Gasteiger partial charge in [0, 0.05) is 63.8 Å². The molecule has 3 heterocycles. The maximum atomic E-state index is 13.6. The summed E-state index contributed by atoms with van der Waals surface area (Å²) in [4.78, 5) is 21.9. The molecule has 0 radical (unpaired) electrons. The standard InChI is InChI=1S/C36H34Cl2F3N5O5S.ClH/c1-3-46(52(48,49)29-11-12-30(37)31(38)20-29)26-7-13-34(42-21-26)51-28-10-6-25-18-33(43(2)32(25)19-28)35(47)45-16-14-44(15-17-45)22-24-4-8-27(9-5-24)50-23-36(39,40)41;/h4-13,18-21H,3,14-17,22-23H2,1-2H3;1H. The van der Waals surface area contributed by atoms with Crippen LogP contribution in [0.25, 0.3) is 10.9 Å². The third-order valence-corrected chi connectivity index (χ3v) is 11.3. The van der Waals surface area contributed by atoms with Gasteiger partial charge in [0.1, 0.15) is 17.2 Å². The average Bonchev–Trinajstić information content (AvgIpc) is 3.45. The zero-order chi connectivity index (χ0) is 37.2. The summed E-state index contributed by atoms with van der Waals surface area (Å²) in [5.41, 5.74) is 2.59. The molecule has 0 bridgehead atoms. The highest BCUT2D eigenvalue weighted by atomic mass is 35.5. The van der Waals surface area contributed by atoms with Crippen molar-refractivity contribution in [1.29, 1.82) is 0 Å². The van der Waals surface area contributed by atoms with E-state index in [1.165, 1.54) is 40.8 Å². The minimum atomic E-state index is -4.39. The Bertz CT molecular complexity index is 2180. The number of fused-ring (bicyclic) bond motifs is 1. The van der Waals surface area contributed by atoms with Crippen LogP contribution in [0.3, 0.4) is 0 Å². The van der Waals surface area contributed by atoms with E-state index < -0.39 is 22.8 Å². The SMILES string of the molecule is CCN(c1ccc(Oc2ccc3cc(C(=O)N4CCN(Cc5ccc(OCC(F)(F)F)cc5)CC4)n(C)c3c2)nc1)S(=O)(=O)c1ccc(Cl)c(Cl)c1.Cl. The number of aryl methyl sites for hydroxylation is 1. The number of sulfonamides is 1. The molecular weight excluding hydrogens is 778 g/mol. The Morgan fingerprint density at radius 1 is 0.906 bits per heavy atom. The molecule has 0 spiro atoms. The number of carbonyl (C=O) groups excluding carboxylic acids is 1. The zero-order valence-corrected chi connectivity index (χ0v) is 31.7. The first-order chi connectivity index (χ1) is 24.7. The molecule has 6 rings (SSSR count). The van der Waals surface area contributed by atoms with Gasteiger partial charge in [0.2, 0.25) is 5.88 Å². The lowest BCUT2D eigenvalue weighted by Gasteiger charge is -2.34. The first kappa shape index (κ1) is 40.0. The Morgan fingerprint density at radius 2 is 1.60 bits per heavy atom. The van der Waals surface area contributed by atoms with Gasteiger partial charge in [-0.15, -0.1) is 12.4 Å². The van der Waals surface area contributed by atoms with Crippen molar-refractivity contribution >= 4 is 68.1 Å². The second-order valence-electron chi connectivity index (χ2n) is 12.1. The molecule has 282 valence electrons. The molecule has 53 heavy (non-hydrogen) atoms. The Labute approximate surface area is 321 Å². The summed E-state index contributed by atoms with van der Waals surface area (Å²) < 4.78 is 77.8. The third-order valence-electron chi connectivity index (χ3n) is 8.62. The summed E-state index contributed by atoms with van der Waals surface area (Å²) in [6.45, 7) is 3.45. The number of halogens is 6. The van der Waals surface area contributed by atoms with Gasteiger partial charge < -0.3 is 18.9 Å². The Hall–Kier alpha value is -4.21. The van der Waals surface area contributed by atoms with Gasteiger partial charge >= 0.3 is 6.18 Å². The van der Waals surface area contributed by atoms with Crippen LogP contribution in [-0.2, 0) is 23.6 Å². The number of ether oxygens (including phenoxy) is 2. The number of benzene rings is 3. The van der Waals surface area contributed by atoms with Crippen LogP contribution < -0.4 is 13.8 Å². The predicted molar refractivity (Wildman–Crippen MR) is 200 cm³/mol. The molecule has 1 aliphatic rings. The van der Waals surface area contributed by atoms with Gasteiger partial charge in [0.25, 0.3) is 15.9 Å². The van der Waals surface area contributed by atoms with E-state index in [9.17, 15) is 26.4 Å². The number of piperazine rings is 1. The molecule has 0 saturated carbocycles. The number of rotatable bonds is 11. The quantitative estimate of drug-likeness (QED) is 0.133. The second-order valence-corrected chi connectivity index (χ2v) is 14.8. The molecule has 0 N–H and O–H groups in total. The van der Waals surface area contributed by atoms with E-state index in [0.29, 0.717) is 49.9 Å². The van der Waals surface area contributed by atoms with E-state index in [1.54, 1.807) is 37.3 Å². The average molecular weight is 813 g/mol. The largest absolute Gasteiger partial charge is 0.484 e. The molecule has 1 aliphatic heterocycles. The van der Waals surface area contributed by atoms with Gasteiger partial charge in [-0.25, -0.2) is 13.4 Å². The van der Waals surface area contributed by atoms with Crippen LogP contribution in [0.15, 0.2) is 90.0 Å². The van der Waals surface area contributed by atoms with E-state index >= 15 is 0 Å². The number of pyridine rings is 1. The van der Waals surface area contributed by atoms with E-state index in [2.05, 4.69) is 9.88 Å². The summed E-state index contributed by atoms with van der Waals surface area (Å²) in [6, 6.07) is 21.2. The van der Waals surface area contributed by atoms with Crippen molar-refractivity contribution in [3.8, 4) is 17.4 Å². The normalized spacial score (nSPS) is 13.8. The molecule has 1 amide bonds. The summed E-state index contributed by atoms with van der Waals surface area (Å²) >= 11 is 12.0. The minimum Gasteiger partial charge on any atom is -0.484 e. The fraction of sp³-hybridized carbons (Fsp3) is 0.278. The smallest absolute Gasteiger partial charge is 0.422 e. The highest BCUT2D eigenvalue weighted by Crippen LogP contribution is 2.31. The van der Waals surface area contributed by atoms with Gasteiger partial charge in [-0.3, -0.25) is 14.0 Å². The van der Waals surface area contributed by atoms with Crippen molar-refractivity contribution in [3.63, 3.8) is 0 Å². The molecule has 10 nitrogen and oxygen atoms in total. The van der Waals surface area contributed by atoms with Crippen LogP contribution in [0.4, 0.5) is 18.9 Å². The van der Waals surface area contributed by atoms with Gasteiger partial charge in [-0.05, 0) is 67.1 Å². The van der Waals surface area contributed by atoms with Crippen LogP contribution in [0, 0.1) is 0 Å². The van der Waals surface area contributed by atoms with E-state index in [-0.39, 0.29) is 51.4 Å². The predicted octanol–water partition coefficient (Wildman–Crippen LogP) is 8.21. The number of hydrogen-bond acceptors (Lipinski definition) is 7. The number of carbonyl (C=O) groups is 1. The number of anilines is 1. The van der Waals surface area contributed by atoms with Crippen molar-refractivity contribution < 1.29 is 35.9 Å². The van der Waals surface area contributed by atoms with E-state index in [4.69, 9.17) is 32.7 Å². The minimum absolute atomic E-state index is 0. The highest BCUT2D eigenvalue weighted by Gasteiger charge is 2.29. The van der Waals surface area contributed by atoms with Crippen LogP contribution in [0.5, 0.6) is 17.4 Å². The lowest BCUT2D eigenvalue weighted by atomic mass is 10.2. The molecule has 5 aromatic rings. The molecule has 3 aromatic carbocycles. The number of hydrogen-bond donors (Lipinski definition) is 0. The molecule has 0 aliphatic carbocycles. The lowest BCUT2D eigenvalue weighted by Crippen LogP contribution is -2.48. The summed E-state index contributed by atoms with van der Waals surface area (Å²) in [5, 5.41) is 1.24. The Morgan fingerprint density at radius 3 is 2.23 bits per heavy atom. The van der Waals surface area contributed by atoms with Gasteiger partial charge in [0.05, 0.1) is 32.3 Å². The molecule has 17 heteroatoms. The Kier molecular flexibility index (Phi) is 12.4. The first-order valence-corrected chi connectivity index (χ1v) is 18.4. The third kappa shape index (κ3) is 9.30. The van der Waals surface area contributed by atoms with Gasteiger partial charge in [-0.2, -0.15) is 13.2 Å². The summed E-state index contributed by atoms with van der Waals surface area (Å²) in [5.74, 6) is 0.796. The van der Waals surface area contributed by atoms with Crippen LogP contribution >= 0.6 is 35.6 Å². The molecule has 0 atom stereocenters. The highest BCUT2D eigenvalue weighted by molar-refractivity contribution is 7.92. The first-order valence-electron chi connectivity index (χ1n) is 16.2. The van der Waals surface area contributed by atoms with Crippen molar-refractivity contribution in [2.75, 3.05) is 43.6 Å². The second kappa shape index (κ2) is 16.4. The summed E-state index contributed by atoms with van der Waals surface area (Å²) in [6.07, 6.45) is -2.98. The molecule has 1 fully saturated rings. The maximum absolute atomic E-state index is 13.6. The van der Waals surface area contributed by atoms with Crippen LogP contribution in [-0.4, -0.2) is 79.2 Å². The molecular formula is C36H35Cl3F3N5O5S. The number of amides is 1. The van der Waals surface area contributed by atoms with Crippen molar-refractivity contribution in [1.82, 2.24) is 19.4 Å². The maximum Gasteiger partial charge on any atom is 0.422 e. The van der Waals surface area contributed by atoms with E-state index in [1.807, 2.05) is 34.7 Å². The fourth-order valence-electron chi connectivity index (χ4n) is 5.92. The number of alkyl halides is 3. The van der Waals surface area contributed by atoms with E-state index in [0.717, 1.165) is 16.5 Å². The van der Waals surface area contributed by atoms with Gasteiger partial charge in [0.15, 0.2) is 6.61 Å².